The second kappa shape index (κ2) is 11.2. The van der Waals surface area contributed by atoms with Gasteiger partial charge in [-0.2, -0.15) is 0 Å². The van der Waals surface area contributed by atoms with Crippen LogP contribution in [0.2, 0.25) is 0 Å². The Morgan fingerprint density at radius 2 is 1.91 bits per heavy atom. The number of nitrogens with two attached hydrogens (primary N) is 2. The molecular weight excluding hydrogens is 292 g/mol. The first kappa shape index (κ1) is 19.5. The maximum Gasteiger partial charge on any atom is 0.240 e. The van der Waals surface area contributed by atoms with Crippen LogP contribution in [0.1, 0.15) is 19.3 Å². The van der Waals surface area contributed by atoms with E-state index in [9.17, 15) is 19.2 Å². The molecule has 10 heteroatoms. The van der Waals surface area contributed by atoms with Gasteiger partial charge < -0.3 is 27.4 Å². The van der Waals surface area contributed by atoms with E-state index in [1.54, 1.807) is 0 Å². The van der Waals surface area contributed by atoms with E-state index in [-0.39, 0.29) is 18.9 Å². The van der Waals surface area contributed by atoms with Gasteiger partial charge in [-0.05, 0) is 12.8 Å². The Hall–Kier alpha value is -2.49. The minimum atomic E-state index is -1.08. The highest BCUT2D eigenvalue weighted by atomic mass is 16.2. The summed E-state index contributed by atoms with van der Waals surface area (Å²) < 4.78 is 0. The summed E-state index contributed by atoms with van der Waals surface area (Å²) in [5.74, 6) is -1.32. The Labute approximate surface area is 127 Å². The van der Waals surface area contributed by atoms with Crippen LogP contribution in [0.25, 0.3) is 0 Å². The minimum absolute atomic E-state index is 0.163. The summed E-state index contributed by atoms with van der Waals surface area (Å²) in [6.45, 7) is 0.0467. The molecule has 0 aliphatic rings. The third-order valence-electron chi connectivity index (χ3n) is 2.53. The molecule has 0 saturated heterocycles. The largest absolute Gasteiger partial charge is 0.370 e. The van der Waals surface area contributed by atoms with Gasteiger partial charge in [0.1, 0.15) is 6.04 Å². The third-order valence-corrected chi connectivity index (χ3v) is 2.53. The normalized spacial score (nSPS) is 12.6. The summed E-state index contributed by atoms with van der Waals surface area (Å²) in [7, 11) is 0. The fourth-order valence-corrected chi connectivity index (χ4v) is 1.43. The van der Waals surface area contributed by atoms with Gasteiger partial charge in [-0.15, -0.1) is 0 Å². The third kappa shape index (κ3) is 9.42. The number of carbonyl (C=O) groups is 2. The summed E-state index contributed by atoms with van der Waals surface area (Å²) in [4.78, 5) is 43.6. The summed E-state index contributed by atoms with van der Waals surface area (Å²) in [5, 5.41) is 14.0. The van der Waals surface area contributed by atoms with Crippen LogP contribution in [0.4, 0.5) is 0 Å². The first-order chi connectivity index (χ1) is 10.4. The van der Waals surface area contributed by atoms with E-state index in [1.165, 1.54) is 12.6 Å². The lowest BCUT2D eigenvalue weighted by Gasteiger charge is -2.13. The van der Waals surface area contributed by atoms with Gasteiger partial charge >= 0.3 is 0 Å². The van der Waals surface area contributed by atoms with Crippen molar-refractivity contribution >= 4 is 30.3 Å². The molecule has 2 amide bonds. The fraction of sp³-hybridized carbons (Fsp3) is 0.583. The molecule has 0 aromatic heterocycles. The quantitative estimate of drug-likeness (QED) is 0.132. The lowest BCUT2D eigenvalue weighted by Crippen LogP contribution is -2.47. The maximum absolute atomic E-state index is 11.6. The number of guanidine groups is 1. The van der Waals surface area contributed by atoms with Crippen LogP contribution < -0.4 is 27.4 Å². The van der Waals surface area contributed by atoms with Crippen molar-refractivity contribution in [2.24, 2.45) is 11.5 Å². The molecule has 0 heterocycles. The number of hydrogen-bond donors (Lipinski definition) is 6. The topological polar surface area (TPSA) is 180 Å². The Morgan fingerprint density at radius 3 is 2.45 bits per heavy atom. The highest BCUT2D eigenvalue weighted by Gasteiger charge is 2.16. The van der Waals surface area contributed by atoms with Crippen LogP contribution in [-0.2, 0) is 19.2 Å². The number of rotatable bonds is 11. The van der Waals surface area contributed by atoms with Gasteiger partial charge in [0.2, 0.25) is 24.4 Å². The number of amides is 2. The van der Waals surface area contributed by atoms with E-state index in [2.05, 4.69) is 16.0 Å². The molecule has 0 spiro atoms. The smallest absolute Gasteiger partial charge is 0.240 e. The van der Waals surface area contributed by atoms with Crippen molar-refractivity contribution in [3.63, 3.8) is 0 Å². The van der Waals surface area contributed by atoms with Crippen molar-refractivity contribution < 1.29 is 19.2 Å². The Kier molecular flexibility index (Phi) is 9.93. The van der Waals surface area contributed by atoms with Gasteiger partial charge in [0.05, 0.1) is 12.6 Å². The van der Waals surface area contributed by atoms with Crippen molar-refractivity contribution in [2.75, 3.05) is 13.1 Å². The van der Waals surface area contributed by atoms with E-state index < -0.39 is 23.9 Å². The van der Waals surface area contributed by atoms with Gasteiger partial charge in [-0.25, -0.2) is 0 Å². The molecule has 0 unspecified atom stereocenters. The molecule has 0 rings (SSSR count). The molecule has 8 N–H and O–H groups in total. The molecule has 2 radical (unpaired) electrons. The van der Waals surface area contributed by atoms with Crippen molar-refractivity contribution in [1.29, 1.82) is 5.41 Å². The molecular formula is C12H20N6O4. The van der Waals surface area contributed by atoms with Crippen LogP contribution in [0.15, 0.2) is 0 Å². The zero-order valence-electron chi connectivity index (χ0n) is 12.0. The molecule has 2 atom stereocenters. The summed E-state index contributed by atoms with van der Waals surface area (Å²) in [6, 6.07) is -1.88. The molecule has 122 valence electrons. The lowest BCUT2D eigenvalue weighted by atomic mass is 10.1. The number of hydrogen-bond acceptors (Lipinski definition) is 6. The lowest BCUT2D eigenvalue weighted by molar-refractivity contribution is -0.127. The second-order valence-electron chi connectivity index (χ2n) is 4.39. The van der Waals surface area contributed by atoms with Gasteiger partial charge in [0.25, 0.3) is 0 Å². The second-order valence-corrected chi connectivity index (χ2v) is 4.39. The number of nitrogens with one attached hydrogen (secondary N) is 4. The molecule has 22 heavy (non-hydrogen) atoms. The molecule has 0 aromatic rings. The van der Waals surface area contributed by atoms with Gasteiger partial charge in [-0.3, -0.25) is 24.6 Å². The average Bonchev–Trinajstić information content (AvgIpc) is 2.48. The molecule has 10 nitrogen and oxygen atoms in total. The fourth-order valence-electron chi connectivity index (χ4n) is 1.43. The molecule has 0 aliphatic carbocycles. The van der Waals surface area contributed by atoms with Gasteiger partial charge in [-0.1, -0.05) is 0 Å². The van der Waals surface area contributed by atoms with Crippen LogP contribution in [0.5, 0.6) is 0 Å². The SMILES string of the molecule is N=C(N)NCCC[C@H](N)C(=O)NCC(=O)N[C@H]([C]=O)C[C]=O. The van der Waals surface area contributed by atoms with Crippen molar-refractivity contribution in [3.8, 4) is 0 Å². The first-order valence-electron chi connectivity index (χ1n) is 6.54. The highest BCUT2D eigenvalue weighted by molar-refractivity contribution is 5.88. The van der Waals surface area contributed by atoms with E-state index in [1.807, 2.05) is 0 Å². The van der Waals surface area contributed by atoms with Crippen molar-refractivity contribution in [1.82, 2.24) is 16.0 Å². The van der Waals surface area contributed by atoms with Gasteiger partial charge in [0.15, 0.2) is 5.96 Å². The zero-order chi connectivity index (χ0) is 17.0. The van der Waals surface area contributed by atoms with E-state index in [0.29, 0.717) is 19.4 Å². The molecule has 0 aromatic carbocycles. The van der Waals surface area contributed by atoms with Crippen molar-refractivity contribution in [3.05, 3.63) is 0 Å². The maximum atomic E-state index is 11.6. The summed E-state index contributed by atoms with van der Waals surface area (Å²) >= 11 is 0. The predicted molar refractivity (Wildman–Crippen MR) is 78.1 cm³/mol. The first-order valence-corrected chi connectivity index (χ1v) is 6.54. The molecule has 0 fully saturated rings. The average molecular weight is 312 g/mol. The minimum Gasteiger partial charge on any atom is -0.370 e. The van der Waals surface area contributed by atoms with Gasteiger partial charge in [0, 0.05) is 13.0 Å². The predicted octanol–water partition coefficient (Wildman–Crippen LogP) is -3.21. The van der Waals surface area contributed by atoms with E-state index in [0.717, 1.165) is 0 Å². The van der Waals surface area contributed by atoms with Crippen LogP contribution >= 0.6 is 0 Å². The Balaban J connectivity index is 3.95. The summed E-state index contributed by atoms with van der Waals surface area (Å²) in [5.41, 5.74) is 10.7. The van der Waals surface area contributed by atoms with Crippen molar-refractivity contribution in [2.45, 2.75) is 31.3 Å². The molecule has 0 aliphatic heterocycles. The summed E-state index contributed by atoms with van der Waals surface area (Å²) in [6.07, 6.45) is 3.52. The van der Waals surface area contributed by atoms with Crippen LogP contribution in [-0.4, -0.2) is 55.5 Å². The Bertz CT molecular complexity index is 414. The standard InChI is InChI=1S/C12H20N6O4/c13-9(2-1-4-16-12(14)15)11(22)17-6-10(21)18-8(7-20)3-5-19/h8-9H,1-4,6,13H2,(H,17,22)(H,18,21)(H4,14,15,16)/t8-,9-/m0/s1. The zero-order valence-corrected chi connectivity index (χ0v) is 12.0. The molecule has 0 saturated carbocycles. The van der Waals surface area contributed by atoms with Crippen LogP contribution in [0.3, 0.4) is 0 Å². The molecule has 0 bridgehead atoms. The van der Waals surface area contributed by atoms with Crippen LogP contribution in [0, 0.1) is 5.41 Å². The number of carbonyl (C=O) groups excluding carboxylic acids is 4. The highest BCUT2D eigenvalue weighted by Crippen LogP contribution is 1.93. The van der Waals surface area contributed by atoms with E-state index in [4.69, 9.17) is 16.9 Å². The Morgan fingerprint density at radius 1 is 1.23 bits per heavy atom. The monoisotopic (exact) mass is 312 g/mol. The van der Waals surface area contributed by atoms with E-state index >= 15 is 0 Å².